The average Bonchev–Trinajstić information content (AvgIpc) is 2.57. The third-order valence-electron chi connectivity index (χ3n) is 3.62. The predicted octanol–water partition coefficient (Wildman–Crippen LogP) is 2.51. The number of hydrogen-bond acceptors (Lipinski definition) is 3. The second kappa shape index (κ2) is 5.77. The number of nitrogens with zero attached hydrogens (tertiary/aromatic N) is 2. The molecular weight excluding hydrogens is 204 g/mol. The molecule has 0 aromatic heterocycles. The molecule has 2 nitrogen and oxygen atoms in total. The third kappa shape index (κ3) is 2.89. The topological polar surface area (TPSA) is 27.0 Å². The fourth-order valence-corrected chi connectivity index (χ4v) is 3.70. The average molecular weight is 224 g/mol. The summed E-state index contributed by atoms with van der Waals surface area (Å²) in [5, 5.41) is 9.18. The van der Waals surface area contributed by atoms with Crippen molar-refractivity contribution in [3.8, 4) is 6.07 Å². The van der Waals surface area contributed by atoms with E-state index in [2.05, 4.69) is 22.7 Å². The van der Waals surface area contributed by atoms with Gasteiger partial charge in [0.2, 0.25) is 0 Å². The Labute approximate surface area is 97.0 Å². The van der Waals surface area contributed by atoms with Crippen molar-refractivity contribution >= 4 is 11.8 Å². The molecule has 1 saturated heterocycles. The Balaban J connectivity index is 1.96. The minimum absolute atomic E-state index is 0.307. The first-order valence-electron chi connectivity index (χ1n) is 6.13. The van der Waals surface area contributed by atoms with Gasteiger partial charge in [0.05, 0.1) is 12.0 Å². The van der Waals surface area contributed by atoms with Crippen LogP contribution in [-0.4, -0.2) is 35.5 Å². The van der Waals surface area contributed by atoms with E-state index >= 15 is 0 Å². The second-order valence-electron chi connectivity index (χ2n) is 4.59. The van der Waals surface area contributed by atoms with E-state index in [9.17, 15) is 5.26 Å². The van der Waals surface area contributed by atoms with Gasteiger partial charge in [-0.05, 0) is 31.6 Å². The Morgan fingerprint density at radius 3 is 2.80 bits per heavy atom. The highest BCUT2D eigenvalue weighted by Crippen LogP contribution is 2.29. The molecule has 2 fully saturated rings. The van der Waals surface area contributed by atoms with Crippen molar-refractivity contribution in [1.82, 2.24) is 4.90 Å². The minimum Gasteiger partial charge on any atom is -0.298 e. The first-order chi connectivity index (χ1) is 7.42. The van der Waals surface area contributed by atoms with Gasteiger partial charge in [-0.3, -0.25) is 4.90 Å². The fourth-order valence-electron chi connectivity index (χ4n) is 2.80. The summed E-state index contributed by atoms with van der Waals surface area (Å²) >= 11 is 2.07. The summed E-state index contributed by atoms with van der Waals surface area (Å²) in [6.45, 7) is 2.42. The Kier molecular flexibility index (Phi) is 4.34. The maximum Gasteiger partial charge on any atom is 0.0672 e. The summed E-state index contributed by atoms with van der Waals surface area (Å²) < 4.78 is 0. The van der Waals surface area contributed by atoms with Crippen LogP contribution in [0.25, 0.3) is 0 Å². The molecule has 2 atom stereocenters. The molecule has 1 aliphatic carbocycles. The van der Waals surface area contributed by atoms with Gasteiger partial charge < -0.3 is 0 Å². The molecule has 1 aliphatic heterocycles. The number of rotatable bonds is 1. The highest BCUT2D eigenvalue weighted by Gasteiger charge is 2.30. The molecule has 0 spiro atoms. The van der Waals surface area contributed by atoms with E-state index in [1.54, 1.807) is 0 Å². The van der Waals surface area contributed by atoms with Crippen LogP contribution in [-0.2, 0) is 0 Å². The van der Waals surface area contributed by atoms with Crippen molar-refractivity contribution in [2.24, 2.45) is 5.92 Å². The van der Waals surface area contributed by atoms with Gasteiger partial charge in [0.25, 0.3) is 0 Å². The third-order valence-corrected chi connectivity index (χ3v) is 4.67. The standard InChI is InChI=1S/C12H20N2S/c13-10-11-4-1-2-5-12(11)14-6-3-8-15-9-7-14/h11-12H,1-9H2. The van der Waals surface area contributed by atoms with Crippen LogP contribution in [0.2, 0.25) is 0 Å². The van der Waals surface area contributed by atoms with Crippen LogP contribution in [0.15, 0.2) is 0 Å². The maximum atomic E-state index is 9.18. The Bertz CT molecular complexity index is 228. The summed E-state index contributed by atoms with van der Waals surface area (Å²) in [4.78, 5) is 2.59. The summed E-state index contributed by atoms with van der Waals surface area (Å²) in [5.74, 6) is 2.87. The Morgan fingerprint density at radius 1 is 1.07 bits per heavy atom. The van der Waals surface area contributed by atoms with E-state index < -0.39 is 0 Å². The lowest BCUT2D eigenvalue weighted by Crippen LogP contribution is -2.43. The number of hydrogen-bond donors (Lipinski definition) is 0. The van der Waals surface area contributed by atoms with Gasteiger partial charge in [-0.25, -0.2) is 0 Å². The van der Waals surface area contributed by atoms with Gasteiger partial charge in [-0.1, -0.05) is 12.8 Å². The molecule has 2 aliphatic rings. The molecule has 0 aromatic rings. The molecule has 2 rings (SSSR count). The lowest BCUT2D eigenvalue weighted by molar-refractivity contribution is 0.136. The van der Waals surface area contributed by atoms with Crippen LogP contribution in [0.5, 0.6) is 0 Å². The van der Waals surface area contributed by atoms with Gasteiger partial charge in [0, 0.05) is 18.3 Å². The zero-order valence-electron chi connectivity index (χ0n) is 9.32. The van der Waals surface area contributed by atoms with Crippen LogP contribution in [0.1, 0.15) is 32.1 Å². The lowest BCUT2D eigenvalue weighted by atomic mass is 9.84. The quantitative estimate of drug-likeness (QED) is 0.685. The van der Waals surface area contributed by atoms with Crippen molar-refractivity contribution < 1.29 is 0 Å². The molecular formula is C12H20N2S. The fraction of sp³-hybridized carbons (Fsp3) is 0.917. The molecule has 3 heteroatoms. The van der Waals surface area contributed by atoms with Crippen molar-refractivity contribution in [3.63, 3.8) is 0 Å². The summed E-state index contributed by atoms with van der Waals surface area (Å²) in [6.07, 6.45) is 6.27. The molecule has 84 valence electrons. The van der Waals surface area contributed by atoms with Crippen molar-refractivity contribution in [2.45, 2.75) is 38.1 Å². The zero-order chi connectivity index (χ0) is 10.5. The van der Waals surface area contributed by atoms with Crippen molar-refractivity contribution in [1.29, 1.82) is 5.26 Å². The summed E-state index contributed by atoms with van der Waals surface area (Å²) in [7, 11) is 0. The van der Waals surface area contributed by atoms with Crippen molar-refractivity contribution in [2.75, 3.05) is 24.6 Å². The smallest absolute Gasteiger partial charge is 0.0672 e. The van der Waals surface area contributed by atoms with Gasteiger partial charge >= 0.3 is 0 Å². The SMILES string of the molecule is N#CC1CCCCC1N1CCCSCC1. The molecule has 1 heterocycles. The molecule has 0 N–H and O–H groups in total. The highest BCUT2D eigenvalue weighted by molar-refractivity contribution is 7.99. The largest absolute Gasteiger partial charge is 0.298 e. The summed E-state index contributed by atoms with van der Waals surface area (Å²) in [6, 6.07) is 3.09. The molecule has 1 saturated carbocycles. The van der Waals surface area contributed by atoms with E-state index in [1.165, 1.54) is 50.3 Å². The molecule has 2 unspecified atom stereocenters. The Hall–Kier alpha value is -0.200. The van der Waals surface area contributed by atoms with Gasteiger partial charge in [0.15, 0.2) is 0 Å². The van der Waals surface area contributed by atoms with Gasteiger partial charge in [0.1, 0.15) is 0 Å². The molecule has 0 amide bonds. The normalized spacial score (nSPS) is 34.3. The molecule has 15 heavy (non-hydrogen) atoms. The van der Waals surface area contributed by atoms with Crippen LogP contribution < -0.4 is 0 Å². The molecule has 0 bridgehead atoms. The zero-order valence-corrected chi connectivity index (χ0v) is 10.1. The predicted molar refractivity (Wildman–Crippen MR) is 64.9 cm³/mol. The minimum atomic E-state index is 0.307. The van der Waals surface area contributed by atoms with E-state index in [0.29, 0.717) is 12.0 Å². The molecule has 0 aromatic carbocycles. The van der Waals surface area contributed by atoms with E-state index in [1.807, 2.05) is 0 Å². The van der Waals surface area contributed by atoms with Crippen molar-refractivity contribution in [3.05, 3.63) is 0 Å². The van der Waals surface area contributed by atoms with Crippen LogP contribution in [0.4, 0.5) is 0 Å². The molecule has 0 radical (unpaired) electrons. The summed E-state index contributed by atoms with van der Waals surface area (Å²) in [5.41, 5.74) is 0. The first kappa shape index (κ1) is 11.3. The van der Waals surface area contributed by atoms with E-state index in [4.69, 9.17) is 0 Å². The van der Waals surface area contributed by atoms with Crippen LogP contribution in [0.3, 0.4) is 0 Å². The maximum absolute atomic E-state index is 9.18. The van der Waals surface area contributed by atoms with Gasteiger partial charge in [-0.2, -0.15) is 17.0 Å². The van der Waals surface area contributed by atoms with E-state index in [-0.39, 0.29) is 0 Å². The van der Waals surface area contributed by atoms with E-state index in [0.717, 1.165) is 6.42 Å². The second-order valence-corrected chi connectivity index (χ2v) is 5.81. The number of nitriles is 1. The van der Waals surface area contributed by atoms with Crippen LogP contribution >= 0.6 is 11.8 Å². The Morgan fingerprint density at radius 2 is 1.93 bits per heavy atom. The van der Waals surface area contributed by atoms with Crippen LogP contribution in [0, 0.1) is 17.2 Å². The first-order valence-corrected chi connectivity index (χ1v) is 7.28. The monoisotopic (exact) mass is 224 g/mol. The highest BCUT2D eigenvalue weighted by atomic mass is 32.2. The van der Waals surface area contributed by atoms with Gasteiger partial charge in [-0.15, -0.1) is 0 Å². The lowest BCUT2D eigenvalue weighted by Gasteiger charge is -2.36. The number of thioether (sulfide) groups is 1.